The van der Waals surface area contributed by atoms with Gasteiger partial charge in [0.1, 0.15) is 18.3 Å². The molecule has 5 aliphatic rings. The molecule has 0 radical (unpaired) electrons. The summed E-state index contributed by atoms with van der Waals surface area (Å²) in [6, 6.07) is 3.75. The molecule has 1 aromatic rings. The van der Waals surface area contributed by atoms with Gasteiger partial charge in [0.15, 0.2) is 0 Å². The smallest absolute Gasteiger partial charge is 0.388 e. The van der Waals surface area contributed by atoms with Gasteiger partial charge in [0, 0.05) is 51.2 Å². The van der Waals surface area contributed by atoms with E-state index in [-0.39, 0.29) is 56.9 Å². The number of benzene rings is 1. The fourth-order valence-corrected chi connectivity index (χ4v) is 6.63. The Morgan fingerprint density at radius 2 is 1.72 bits per heavy atom. The second-order valence-corrected chi connectivity index (χ2v) is 12.3. The minimum absolute atomic E-state index is 0.0195. The van der Waals surface area contributed by atoms with Crippen molar-refractivity contribution in [2.45, 2.75) is 81.0 Å². The maximum Gasteiger partial charge on any atom is 0.416 e. The van der Waals surface area contributed by atoms with Crippen molar-refractivity contribution in [1.82, 2.24) is 20.0 Å². The van der Waals surface area contributed by atoms with Crippen LogP contribution in [0.15, 0.2) is 24.3 Å². The van der Waals surface area contributed by atoms with Crippen LogP contribution < -0.4 is 5.32 Å². The Balaban J connectivity index is 1.25. The first-order valence-corrected chi connectivity index (χ1v) is 14.9. The molecular weight excluding hydrogens is 573 g/mol. The lowest BCUT2D eigenvalue weighted by Gasteiger charge is -2.38. The highest BCUT2D eigenvalue weighted by Gasteiger charge is 2.47. The van der Waals surface area contributed by atoms with Crippen molar-refractivity contribution in [3.8, 4) is 0 Å². The van der Waals surface area contributed by atoms with Gasteiger partial charge >= 0.3 is 6.18 Å². The quantitative estimate of drug-likeness (QED) is 0.440. The molecule has 6 bridgehead atoms. The molecule has 0 spiro atoms. The number of nitrogens with zero attached hydrogens (tertiary/aromatic N) is 3. The SMILES string of the molecule is O=C1C[C@@H]2O[C@H](CN(C(=O)C3CC3)C[C@@H]3CN(CCO3)C(=O)[C@@H]3C[C@@H](CN3Cc3ccc(C(F)(F)F)cc3)N1)[C@@H](O)[C@H]2O. The van der Waals surface area contributed by atoms with Gasteiger partial charge in [0.2, 0.25) is 17.7 Å². The van der Waals surface area contributed by atoms with Gasteiger partial charge < -0.3 is 34.8 Å². The second-order valence-electron chi connectivity index (χ2n) is 12.3. The zero-order valence-electron chi connectivity index (χ0n) is 23.6. The molecule has 4 heterocycles. The lowest BCUT2D eigenvalue weighted by molar-refractivity contribution is -0.147. The standard InChI is InChI=1S/C29H37F3N4O7/c30-29(31,32)18-5-1-16(2-6-18)11-35-12-19-9-21(35)28(41)34-7-8-42-20(13-34)14-36(27(40)17-3-4-17)15-23-26(39)25(38)22(43-23)10-24(37)33-19/h1-2,5-6,17,19-23,25-26,38-39H,3-4,7-15H2,(H,33,37)/t19-,20-,21-,22-,23+,25-,26+/m0/s1. The monoisotopic (exact) mass is 610 g/mol. The number of rotatable bonds is 3. The number of ether oxygens (including phenoxy) is 2. The van der Waals surface area contributed by atoms with Crippen molar-refractivity contribution < 1.29 is 47.2 Å². The van der Waals surface area contributed by atoms with Gasteiger partial charge in [0.25, 0.3) is 0 Å². The molecule has 3 N–H and O–H groups in total. The Kier molecular flexibility index (Phi) is 8.41. The number of alkyl halides is 3. The summed E-state index contributed by atoms with van der Waals surface area (Å²) >= 11 is 0. The van der Waals surface area contributed by atoms with Crippen LogP contribution in [0.25, 0.3) is 0 Å². The van der Waals surface area contributed by atoms with Crippen molar-refractivity contribution in [3.05, 3.63) is 35.4 Å². The fourth-order valence-electron chi connectivity index (χ4n) is 6.63. The zero-order chi connectivity index (χ0) is 30.5. The minimum Gasteiger partial charge on any atom is -0.388 e. The van der Waals surface area contributed by atoms with Crippen LogP contribution in [0.5, 0.6) is 0 Å². The van der Waals surface area contributed by atoms with Crippen LogP contribution in [-0.2, 0) is 36.6 Å². The molecule has 1 aromatic carbocycles. The van der Waals surface area contributed by atoms with Crippen LogP contribution in [-0.4, -0.2) is 125 Å². The van der Waals surface area contributed by atoms with Crippen LogP contribution in [0.4, 0.5) is 13.2 Å². The minimum atomic E-state index is -4.46. The molecule has 7 atom stereocenters. The summed E-state index contributed by atoms with van der Waals surface area (Å²) in [6.45, 7) is 1.52. The van der Waals surface area contributed by atoms with E-state index < -0.39 is 60.3 Å². The van der Waals surface area contributed by atoms with E-state index in [1.165, 1.54) is 12.1 Å². The van der Waals surface area contributed by atoms with Gasteiger partial charge in [-0.2, -0.15) is 13.2 Å². The Labute approximate surface area is 246 Å². The molecule has 43 heavy (non-hydrogen) atoms. The van der Waals surface area contributed by atoms with Gasteiger partial charge in [-0.15, -0.1) is 0 Å². The third kappa shape index (κ3) is 6.68. The number of likely N-dealkylation sites (tertiary alicyclic amines) is 1. The van der Waals surface area contributed by atoms with Crippen LogP contribution in [0.3, 0.4) is 0 Å². The molecule has 3 amide bonds. The summed E-state index contributed by atoms with van der Waals surface area (Å²) in [5, 5.41) is 24.3. The number of nitrogens with one attached hydrogen (secondary N) is 1. The average Bonchev–Trinajstić information content (AvgIpc) is 3.70. The van der Waals surface area contributed by atoms with Crippen molar-refractivity contribution in [1.29, 1.82) is 0 Å². The van der Waals surface area contributed by atoms with E-state index >= 15 is 0 Å². The number of hydrogen-bond donors (Lipinski definition) is 3. The number of hydrogen-bond acceptors (Lipinski definition) is 8. The third-order valence-electron chi connectivity index (χ3n) is 9.08. The normalized spacial score (nSPS) is 34.4. The van der Waals surface area contributed by atoms with Crippen LogP contribution in [0.1, 0.15) is 36.8 Å². The summed E-state index contributed by atoms with van der Waals surface area (Å²) in [5.41, 5.74) is -0.162. The Morgan fingerprint density at radius 3 is 2.42 bits per heavy atom. The van der Waals surface area contributed by atoms with E-state index in [1.807, 2.05) is 4.90 Å². The molecule has 4 aliphatic heterocycles. The van der Waals surface area contributed by atoms with Crippen LogP contribution in [0.2, 0.25) is 0 Å². The Morgan fingerprint density at radius 1 is 1.00 bits per heavy atom. The van der Waals surface area contributed by atoms with Gasteiger partial charge in [0.05, 0.1) is 36.8 Å². The van der Waals surface area contributed by atoms with Crippen LogP contribution >= 0.6 is 0 Å². The zero-order valence-corrected chi connectivity index (χ0v) is 23.6. The third-order valence-corrected chi connectivity index (χ3v) is 9.08. The highest BCUT2D eigenvalue weighted by atomic mass is 19.4. The predicted molar refractivity (Wildman–Crippen MR) is 143 cm³/mol. The molecule has 4 saturated heterocycles. The summed E-state index contributed by atoms with van der Waals surface area (Å²) in [5.74, 6) is -0.806. The van der Waals surface area contributed by atoms with E-state index in [0.717, 1.165) is 25.0 Å². The molecule has 0 aromatic heterocycles. The largest absolute Gasteiger partial charge is 0.416 e. The molecule has 6 rings (SSSR count). The van der Waals surface area contributed by atoms with Gasteiger partial charge in [-0.1, -0.05) is 12.1 Å². The fraction of sp³-hybridized carbons (Fsp3) is 0.690. The van der Waals surface area contributed by atoms with Gasteiger partial charge in [-0.25, -0.2) is 0 Å². The summed E-state index contributed by atoms with van der Waals surface area (Å²) in [7, 11) is 0. The molecule has 11 nitrogen and oxygen atoms in total. The number of morpholine rings is 1. The van der Waals surface area contributed by atoms with E-state index in [0.29, 0.717) is 25.1 Å². The Hall–Kier alpha value is -2.78. The highest BCUT2D eigenvalue weighted by Crippen LogP contribution is 2.33. The number of amides is 3. The number of fused-ring (bicyclic) bond motifs is 6. The van der Waals surface area contributed by atoms with Crippen molar-refractivity contribution >= 4 is 17.7 Å². The number of aliphatic hydroxyl groups excluding tert-OH is 2. The van der Waals surface area contributed by atoms with E-state index in [9.17, 15) is 37.8 Å². The maximum atomic E-state index is 13.9. The molecule has 236 valence electrons. The van der Waals surface area contributed by atoms with Crippen molar-refractivity contribution in [2.24, 2.45) is 5.92 Å². The summed E-state index contributed by atoms with van der Waals surface area (Å²) < 4.78 is 51.2. The van der Waals surface area contributed by atoms with Gasteiger partial charge in [-0.3, -0.25) is 19.3 Å². The highest BCUT2D eigenvalue weighted by molar-refractivity contribution is 5.83. The van der Waals surface area contributed by atoms with E-state index in [1.54, 1.807) is 9.80 Å². The van der Waals surface area contributed by atoms with E-state index in [4.69, 9.17) is 9.47 Å². The average molecular weight is 611 g/mol. The number of carbonyl (C=O) groups excluding carboxylic acids is 3. The first-order chi connectivity index (χ1) is 20.5. The van der Waals surface area contributed by atoms with Crippen molar-refractivity contribution in [3.63, 3.8) is 0 Å². The second kappa shape index (κ2) is 12.0. The predicted octanol–water partition coefficient (Wildman–Crippen LogP) is 0.123. The van der Waals surface area contributed by atoms with E-state index in [2.05, 4.69) is 5.32 Å². The molecule has 14 heteroatoms. The first kappa shape index (κ1) is 30.3. The molecule has 1 saturated carbocycles. The molecule has 5 fully saturated rings. The molecule has 1 aliphatic carbocycles. The Bertz CT molecular complexity index is 1210. The summed E-state index contributed by atoms with van der Waals surface area (Å²) in [4.78, 5) is 45.3. The molecular formula is C29H37F3N4O7. The van der Waals surface area contributed by atoms with Crippen LogP contribution in [0, 0.1) is 5.92 Å². The summed E-state index contributed by atoms with van der Waals surface area (Å²) in [6.07, 6.45) is -7.81. The topological polar surface area (TPSA) is 132 Å². The molecule has 0 unspecified atom stereocenters. The van der Waals surface area contributed by atoms with Gasteiger partial charge in [-0.05, 0) is 37.0 Å². The maximum absolute atomic E-state index is 13.9. The number of halogens is 3. The number of aliphatic hydroxyl groups is 2. The van der Waals surface area contributed by atoms with Crippen molar-refractivity contribution in [2.75, 3.05) is 39.3 Å². The lowest BCUT2D eigenvalue weighted by atomic mass is 10.0. The number of carbonyl (C=O) groups is 3. The lowest BCUT2D eigenvalue weighted by Crippen LogP contribution is -2.55. The first-order valence-electron chi connectivity index (χ1n) is 14.9.